The van der Waals surface area contributed by atoms with Crippen LogP contribution in [0.4, 0.5) is 25.1 Å². The number of nitrogens with zero attached hydrogens (tertiary/aromatic N) is 5. The molecule has 6 rings (SSSR count). The molecular formula is C40H56F2N6O7. The van der Waals surface area contributed by atoms with Crippen LogP contribution in [0.5, 0.6) is 0 Å². The van der Waals surface area contributed by atoms with Crippen LogP contribution < -0.4 is 21.3 Å². The molecule has 1 aromatic carbocycles. The first kappa shape index (κ1) is 40.6. The molecule has 1 amide bonds. The van der Waals surface area contributed by atoms with E-state index in [1.807, 2.05) is 11.8 Å². The summed E-state index contributed by atoms with van der Waals surface area (Å²) < 4.78 is 57.1. The van der Waals surface area contributed by atoms with Crippen molar-refractivity contribution < 1.29 is 32.5 Å². The zero-order valence-corrected chi connectivity index (χ0v) is 32.8. The maximum absolute atomic E-state index is 16.1. The number of hydrogen-bond donors (Lipinski definition) is 1. The van der Waals surface area contributed by atoms with Crippen LogP contribution in [-0.2, 0) is 38.5 Å². The maximum Gasteiger partial charge on any atom is 0.410 e. The number of morpholine rings is 1. The second kappa shape index (κ2) is 17.4. The Morgan fingerprint density at radius 3 is 2.35 bits per heavy atom. The van der Waals surface area contributed by atoms with E-state index in [-0.39, 0.29) is 48.9 Å². The third-order valence-corrected chi connectivity index (χ3v) is 10.7. The molecule has 3 aromatic rings. The number of carbonyl (C=O) groups excluding carboxylic acids is 1. The first-order chi connectivity index (χ1) is 26.2. The number of hydrogen-bond acceptors (Lipinski definition) is 10. The summed E-state index contributed by atoms with van der Waals surface area (Å²) >= 11 is 0. The van der Waals surface area contributed by atoms with E-state index < -0.39 is 35.1 Å². The number of fused-ring (bicyclic) bond motifs is 1. The number of anilines is 2. The Morgan fingerprint density at radius 1 is 0.964 bits per heavy atom. The number of piperidine rings is 1. The van der Waals surface area contributed by atoms with Gasteiger partial charge in [0.15, 0.2) is 12.1 Å². The molecule has 0 spiro atoms. The largest absolute Gasteiger partial charge is 0.444 e. The van der Waals surface area contributed by atoms with E-state index in [9.17, 15) is 14.4 Å². The third kappa shape index (κ3) is 9.66. The summed E-state index contributed by atoms with van der Waals surface area (Å²) in [4.78, 5) is 43.9. The molecule has 3 aliphatic heterocycles. The Hall–Kier alpha value is -4.08. The molecule has 0 saturated carbocycles. The van der Waals surface area contributed by atoms with Gasteiger partial charge in [0, 0.05) is 51.3 Å². The highest BCUT2D eigenvalue weighted by Crippen LogP contribution is 2.42. The second-order valence-corrected chi connectivity index (χ2v) is 15.9. The van der Waals surface area contributed by atoms with Crippen molar-refractivity contribution in [3.8, 4) is 0 Å². The van der Waals surface area contributed by atoms with Crippen molar-refractivity contribution in [1.82, 2.24) is 19.2 Å². The lowest BCUT2D eigenvalue weighted by atomic mass is 9.85. The van der Waals surface area contributed by atoms with Crippen molar-refractivity contribution in [2.45, 2.75) is 103 Å². The van der Waals surface area contributed by atoms with Crippen LogP contribution >= 0.6 is 0 Å². The number of carbonyl (C=O) groups is 1. The molecule has 13 nitrogen and oxygen atoms in total. The topological polar surface area (TPSA) is 129 Å². The van der Waals surface area contributed by atoms with Gasteiger partial charge in [-0.3, -0.25) is 9.59 Å². The van der Waals surface area contributed by atoms with Gasteiger partial charge in [-0.1, -0.05) is 31.0 Å². The average molecular weight is 771 g/mol. The molecule has 3 saturated heterocycles. The Morgan fingerprint density at radius 2 is 1.65 bits per heavy atom. The fraction of sp³-hybridized carbons (Fsp3) is 0.650. The number of aryl methyl sites for hydroxylation is 2. The van der Waals surface area contributed by atoms with Crippen molar-refractivity contribution in [2.24, 2.45) is 13.0 Å². The molecule has 0 bridgehead atoms. The Bertz CT molecular complexity index is 1910. The summed E-state index contributed by atoms with van der Waals surface area (Å²) in [6.07, 6.45) is 3.92. The summed E-state index contributed by atoms with van der Waals surface area (Å²) in [5.74, 6) is -3.70. The van der Waals surface area contributed by atoms with Gasteiger partial charge < -0.3 is 38.6 Å². The molecule has 302 valence electrons. The van der Waals surface area contributed by atoms with Gasteiger partial charge in [0.2, 0.25) is 0 Å². The quantitative estimate of drug-likeness (QED) is 0.202. The van der Waals surface area contributed by atoms with E-state index in [1.165, 1.54) is 21.7 Å². The van der Waals surface area contributed by atoms with Crippen LogP contribution in [0.15, 0.2) is 39.9 Å². The number of benzene rings is 1. The summed E-state index contributed by atoms with van der Waals surface area (Å²) in [6.45, 7) is 11.2. The summed E-state index contributed by atoms with van der Waals surface area (Å²) in [6, 6.07) is 7.62. The predicted molar refractivity (Wildman–Crippen MR) is 206 cm³/mol. The van der Waals surface area contributed by atoms with Crippen molar-refractivity contribution in [3.63, 3.8) is 0 Å². The van der Waals surface area contributed by atoms with Gasteiger partial charge >= 0.3 is 6.09 Å². The van der Waals surface area contributed by atoms with Crippen LogP contribution in [0.3, 0.4) is 0 Å². The zero-order chi connectivity index (χ0) is 39.3. The number of halogens is 2. The lowest BCUT2D eigenvalue weighted by Crippen LogP contribution is -2.44. The molecule has 3 fully saturated rings. The number of nitrogens with one attached hydrogen (secondary N) is 1. The van der Waals surface area contributed by atoms with Gasteiger partial charge in [0.25, 0.3) is 17.0 Å². The molecule has 2 aromatic heterocycles. The van der Waals surface area contributed by atoms with Gasteiger partial charge in [-0.25, -0.2) is 18.3 Å². The van der Waals surface area contributed by atoms with E-state index in [0.29, 0.717) is 74.9 Å². The fourth-order valence-corrected chi connectivity index (χ4v) is 7.62. The molecule has 0 radical (unpaired) electrons. The number of likely N-dealkylation sites (tertiary alicyclic amines) is 1. The molecule has 55 heavy (non-hydrogen) atoms. The molecule has 1 atom stereocenters. The maximum atomic E-state index is 16.1. The lowest BCUT2D eigenvalue weighted by molar-refractivity contribution is -0.0861. The Kier molecular flexibility index (Phi) is 12.8. The molecule has 1 N–H and O–H groups in total. The van der Waals surface area contributed by atoms with E-state index in [4.69, 9.17) is 18.9 Å². The number of amides is 1. The first-order valence-corrected chi connectivity index (χ1v) is 19.7. The molecule has 0 aliphatic carbocycles. The van der Waals surface area contributed by atoms with E-state index in [0.717, 1.165) is 25.7 Å². The highest BCUT2D eigenvalue weighted by Gasteiger charge is 2.44. The molecule has 15 heteroatoms. The van der Waals surface area contributed by atoms with E-state index in [2.05, 4.69) is 10.4 Å². The Labute approximate surface area is 320 Å². The standard InChI is InChI=1S/C40H56F2N6O7/c1-27(28-11-10-12-30(25-28)40(41,42)29-14-17-47(18-15-29)38(51)55-39(2,3)4)43-35-31-26-32(46-19-21-52-22-20-46)36(49)48(34(31)37(50)45(5)44-35)16-9-7-6-8-13-33-53-23-24-54-33/h10-12,25-27,29,33H,6-9,13-24H2,1-5H3,(H,43,44)/t27-/m1/s1. The van der Waals surface area contributed by atoms with Crippen molar-refractivity contribution in [2.75, 3.05) is 62.8 Å². The predicted octanol–water partition coefficient (Wildman–Crippen LogP) is 6.17. The third-order valence-electron chi connectivity index (χ3n) is 10.7. The minimum absolute atomic E-state index is 0.0978. The minimum atomic E-state index is -3.13. The van der Waals surface area contributed by atoms with Crippen LogP contribution in [0, 0.1) is 5.92 Å². The zero-order valence-electron chi connectivity index (χ0n) is 32.8. The number of unbranched alkanes of at least 4 members (excludes halogenated alkanes) is 3. The number of rotatable bonds is 13. The highest BCUT2D eigenvalue weighted by atomic mass is 19.3. The van der Waals surface area contributed by atoms with E-state index >= 15 is 8.78 Å². The van der Waals surface area contributed by atoms with Gasteiger partial charge in [0.1, 0.15) is 16.8 Å². The molecule has 3 aliphatic rings. The van der Waals surface area contributed by atoms with Crippen LogP contribution in [0.2, 0.25) is 0 Å². The van der Waals surface area contributed by atoms with Crippen molar-refractivity contribution >= 4 is 28.5 Å². The summed E-state index contributed by atoms with van der Waals surface area (Å²) in [5.41, 5.74) is -0.0611. The van der Waals surface area contributed by atoms with Gasteiger partial charge in [-0.2, -0.15) is 5.10 Å². The molecule has 5 heterocycles. The molecular weight excluding hydrogens is 714 g/mol. The smallest absolute Gasteiger partial charge is 0.410 e. The second-order valence-electron chi connectivity index (χ2n) is 15.9. The van der Waals surface area contributed by atoms with Crippen molar-refractivity contribution in [3.05, 3.63) is 62.2 Å². The monoisotopic (exact) mass is 770 g/mol. The minimum Gasteiger partial charge on any atom is -0.444 e. The SMILES string of the molecule is C[C@@H](Nc1nn(C)c(=O)c2c1cc(N1CCOCC1)c(=O)n2CCCCCCC1OCCO1)c1cccc(C(F)(F)C2CCN(C(=O)OC(C)(C)C)CC2)c1. The fourth-order valence-electron chi connectivity index (χ4n) is 7.62. The summed E-state index contributed by atoms with van der Waals surface area (Å²) in [5, 5.41) is 8.48. The molecule has 0 unspecified atom stereocenters. The normalized spacial score (nSPS) is 18.2. The number of ether oxygens (including phenoxy) is 4. The van der Waals surface area contributed by atoms with Crippen LogP contribution in [-0.4, -0.2) is 89.8 Å². The highest BCUT2D eigenvalue weighted by molar-refractivity contribution is 5.91. The van der Waals surface area contributed by atoms with Gasteiger partial charge in [-0.15, -0.1) is 0 Å². The summed E-state index contributed by atoms with van der Waals surface area (Å²) in [7, 11) is 1.55. The number of pyridine rings is 1. The van der Waals surface area contributed by atoms with E-state index in [1.54, 1.807) is 50.6 Å². The Balaban J connectivity index is 1.22. The number of aromatic nitrogens is 3. The van der Waals surface area contributed by atoms with Crippen molar-refractivity contribution in [1.29, 1.82) is 0 Å². The van der Waals surface area contributed by atoms with Crippen LogP contribution in [0.1, 0.15) is 89.8 Å². The number of alkyl halides is 2. The van der Waals surface area contributed by atoms with Crippen LogP contribution in [0.25, 0.3) is 10.9 Å². The lowest BCUT2D eigenvalue weighted by Gasteiger charge is -2.36. The average Bonchev–Trinajstić information content (AvgIpc) is 3.69. The first-order valence-electron chi connectivity index (χ1n) is 19.7. The van der Waals surface area contributed by atoms with Gasteiger partial charge in [-0.05, 0) is 77.5 Å². The van der Waals surface area contributed by atoms with Gasteiger partial charge in [0.05, 0.1) is 37.9 Å².